The lowest BCUT2D eigenvalue weighted by atomic mass is 10.1. The second kappa shape index (κ2) is 11.5. The first-order valence-corrected chi connectivity index (χ1v) is 14.0. The van der Waals surface area contributed by atoms with Gasteiger partial charge in [0.05, 0.1) is 9.38 Å². The van der Waals surface area contributed by atoms with Crippen LogP contribution in [0.5, 0.6) is 5.75 Å². The molecule has 2 aliphatic heterocycles. The average Bonchev–Trinajstić information content (AvgIpc) is 3.08. The number of nitrogens with zero attached hydrogens (tertiary/aromatic N) is 2. The molecule has 2 aliphatic rings. The number of thioether (sulfide) groups is 1. The van der Waals surface area contributed by atoms with Gasteiger partial charge in [-0.2, -0.15) is 0 Å². The molecule has 3 aromatic carbocycles. The zero-order valence-electron chi connectivity index (χ0n) is 20.3. The van der Waals surface area contributed by atoms with Crippen molar-refractivity contribution in [3.8, 4) is 5.75 Å². The molecule has 0 aliphatic carbocycles. The van der Waals surface area contributed by atoms with E-state index in [4.69, 9.17) is 4.74 Å². The Morgan fingerprint density at radius 1 is 0.973 bits per heavy atom. The molecule has 6 nitrogen and oxygen atoms in total. The molecule has 3 aromatic rings. The van der Waals surface area contributed by atoms with Gasteiger partial charge in [0.1, 0.15) is 18.9 Å². The van der Waals surface area contributed by atoms with Crippen molar-refractivity contribution in [3.63, 3.8) is 0 Å². The van der Waals surface area contributed by atoms with E-state index in [1.165, 1.54) is 5.39 Å². The van der Waals surface area contributed by atoms with Crippen LogP contribution in [0.2, 0.25) is 0 Å². The standard InChI is InChI=1S/C29H27BrN2O4S/c30-24-16-20(12-13-25(24)36-19-22-10-7-9-21-8-3-4-11-23(21)22)17-26-28(34)32(29(35)37-26)18-27(33)31-14-5-1-2-6-15-31/h3-4,7-13,16-17H,1-2,5-6,14-15,18-19H2. The van der Waals surface area contributed by atoms with Crippen LogP contribution in [0.3, 0.4) is 0 Å². The normalized spacial score (nSPS) is 17.5. The molecule has 2 fully saturated rings. The Kier molecular flexibility index (Phi) is 7.96. The molecular weight excluding hydrogens is 552 g/mol. The Balaban J connectivity index is 1.25. The zero-order chi connectivity index (χ0) is 25.8. The van der Waals surface area contributed by atoms with Crippen molar-refractivity contribution >= 4 is 61.6 Å². The Morgan fingerprint density at radius 2 is 1.73 bits per heavy atom. The summed E-state index contributed by atoms with van der Waals surface area (Å²) in [4.78, 5) is 41.3. The Morgan fingerprint density at radius 3 is 2.51 bits per heavy atom. The Labute approximate surface area is 228 Å². The number of fused-ring (bicyclic) bond motifs is 1. The molecule has 8 heteroatoms. The van der Waals surface area contributed by atoms with Gasteiger partial charge in [0.15, 0.2) is 0 Å². The van der Waals surface area contributed by atoms with E-state index < -0.39 is 11.1 Å². The van der Waals surface area contributed by atoms with E-state index in [2.05, 4.69) is 40.2 Å². The van der Waals surface area contributed by atoms with Crippen LogP contribution in [0.1, 0.15) is 36.8 Å². The molecule has 0 atom stereocenters. The minimum atomic E-state index is -0.425. The van der Waals surface area contributed by atoms with E-state index >= 15 is 0 Å². The van der Waals surface area contributed by atoms with Gasteiger partial charge in [-0.15, -0.1) is 0 Å². The van der Waals surface area contributed by atoms with E-state index in [1.54, 1.807) is 11.0 Å². The lowest BCUT2D eigenvalue weighted by Crippen LogP contribution is -2.42. The molecule has 0 unspecified atom stereocenters. The van der Waals surface area contributed by atoms with Gasteiger partial charge in [0.2, 0.25) is 5.91 Å². The molecule has 5 rings (SSSR count). The summed E-state index contributed by atoms with van der Waals surface area (Å²) in [7, 11) is 0. The summed E-state index contributed by atoms with van der Waals surface area (Å²) >= 11 is 4.44. The minimum Gasteiger partial charge on any atom is -0.488 e. The van der Waals surface area contributed by atoms with Crippen molar-refractivity contribution in [2.24, 2.45) is 0 Å². The smallest absolute Gasteiger partial charge is 0.294 e. The minimum absolute atomic E-state index is 0.166. The highest BCUT2D eigenvalue weighted by Crippen LogP contribution is 2.34. The van der Waals surface area contributed by atoms with Crippen molar-refractivity contribution in [3.05, 3.63) is 81.2 Å². The summed E-state index contributed by atoms with van der Waals surface area (Å²) < 4.78 is 6.82. The molecular formula is C29H27BrN2O4S. The van der Waals surface area contributed by atoms with E-state index in [0.717, 1.165) is 63.3 Å². The van der Waals surface area contributed by atoms with Gasteiger partial charge in [0, 0.05) is 13.1 Å². The van der Waals surface area contributed by atoms with Gasteiger partial charge in [-0.1, -0.05) is 61.4 Å². The third kappa shape index (κ3) is 5.91. The number of imide groups is 1. The van der Waals surface area contributed by atoms with Crippen LogP contribution in [-0.2, 0) is 16.2 Å². The topological polar surface area (TPSA) is 66.9 Å². The van der Waals surface area contributed by atoms with Crippen LogP contribution in [0, 0.1) is 0 Å². The predicted octanol–water partition coefficient (Wildman–Crippen LogP) is 6.62. The number of hydrogen-bond donors (Lipinski definition) is 0. The monoisotopic (exact) mass is 578 g/mol. The summed E-state index contributed by atoms with van der Waals surface area (Å²) in [6.07, 6.45) is 5.82. The van der Waals surface area contributed by atoms with Crippen LogP contribution < -0.4 is 4.74 Å². The van der Waals surface area contributed by atoms with Gasteiger partial charge in [0.25, 0.3) is 11.1 Å². The van der Waals surface area contributed by atoms with Crippen molar-refractivity contribution in [1.82, 2.24) is 9.80 Å². The molecule has 0 radical (unpaired) electrons. The number of carbonyl (C=O) groups excluding carboxylic acids is 3. The summed E-state index contributed by atoms with van der Waals surface area (Å²) in [5.41, 5.74) is 1.85. The SMILES string of the molecule is O=C(CN1C(=O)SC(=Cc2ccc(OCc3cccc4ccccc34)c(Br)c2)C1=O)N1CCCCCC1. The van der Waals surface area contributed by atoms with Crippen molar-refractivity contribution in [1.29, 1.82) is 0 Å². The lowest BCUT2D eigenvalue weighted by Gasteiger charge is -2.22. The lowest BCUT2D eigenvalue weighted by molar-refractivity contribution is -0.135. The zero-order valence-corrected chi connectivity index (χ0v) is 22.7. The molecule has 0 bridgehead atoms. The molecule has 2 heterocycles. The highest BCUT2D eigenvalue weighted by atomic mass is 79.9. The molecule has 2 saturated heterocycles. The number of likely N-dealkylation sites (tertiary alicyclic amines) is 1. The van der Waals surface area contributed by atoms with E-state index in [1.807, 2.05) is 36.4 Å². The molecule has 0 N–H and O–H groups in total. The maximum atomic E-state index is 12.9. The fourth-order valence-electron chi connectivity index (χ4n) is 4.64. The summed E-state index contributed by atoms with van der Waals surface area (Å²) in [6.45, 7) is 1.59. The van der Waals surface area contributed by atoms with Crippen LogP contribution >= 0.6 is 27.7 Å². The number of amides is 3. The average molecular weight is 580 g/mol. The first-order valence-electron chi connectivity index (χ1n) is 12.4. The number of rotatable bonds is 6. The highest BCUT2D eigenvalue weighted by Gasteiger charge is 2.37. The summed E-state index contributed by atoms with van der Waals surface area (Å²) in [5.74, 6) is 0.0905. The number of carbonyl (C=O) groups is 3. The predicted molar refractivity (Wildman–Crippen MR) is 150 cm³/mol. The maximum absolute atomic E-state index is 12.9. The molecule has 3 amide bonds. The van der Waals surface area contributed by atoms with Gasteiger partial charge in [-0.25, -0.2) is 0 Å². The Hall–Kier alpha value is -3.10. The van der Waals surface area contributed by atoms with Crippen LogP contribution in [0.15, 0.2) is 70.0 Å². The van der Waals surface area contributed by atoms with E-state index in [0.29, 0.717) is 30.4 Å². The third-order valence-electron chi connectivity index (χ3n) is 6.64. The fraction of sp³-hybridized carbons (Fsp3) is 0.276. The molecule has 190 valence electrons. The number of ether oxygens (including phenoxy) is 1. The highest BCUT2D eigenvalue weighted by molar-refractivity contribution is 9.10. The van der Waals surface area contributed by atoms with Crippen molar-refractivity contribution in [2.45, 2.75) is 32.3 Å². The molecule has 0 spiro atoms. The van der Waals surface area contributed by atoms with Crippen LogP contribution in [0.25, 0.3) is 16.8 Å². The Bertz CT molecular complexity index is 1380. The van der Waals surface area contributed by atoms with Gasteiger partial charge in [-0.3, -0.25) is 19.3 Å². The number of halogens is 1. The van der Waals surface area contributed by atoms with Crippen LogP contribution in [0.4, 0.5) is 4.79 Å². The third-order valence-corrected chi connectivity index (χ3v) is 8.17. The second-order valence-corrected chi connectivity index (χ2v) is 11.0. The van der Waals surface area contributed by atoms with Crippen molar-refractivity contribution in [2.75, 3.05) is 19.6 Å². The van der Waals surface area contributed by atoms with E-state index in [-0.39, 0.29) is 12.5 Å². The maximum Gasteiger partial charge on any atom is 0.294 e. The quantitative estimate of drug-likeness (QED) is 0.307. The largest absolute Gasteiger partial charge is 0.488 e. The number of benzene rings is 3. The van der Waals surface area contributed by atoms with Crippen molar-refractivity contribution < 1.29 is 19.1 Å². The first-order chi connectivity index (χ1) is 18.0. The van der Waals surface area contributed by atoms with Crippen LogP contribution in [-0.4, -0.2) is 46.5 Å². The van der Waals surface area contributed by atoms with E-state index in [9.17, 15) is 14.4 Å². The van der Waals surface area contributed by atoms with Gasteiger partial charge in [-0.05, 0) is 80.6 Å². The van der Waals surface area contributed by atoms with Gasteiger partial charge < -0.3 is 9.64 Å². The molecule has 0 aromatic heterocycles. The van der Waals surface area contributed by atoms with Gasteiger partial charge >= 0.3 is 0 Å². The molecule has 37 heavy (non-hydrogen) atoms. The second-order valence-electron chi connectivity index (χ2n) is 9.18. The first kappa shape index (κ1) is 25.5. The summed E-state index contributed by atoms with van der Waals surface area (Å²) in [5, 5.41) is 1.91. The molecule has 0 saturated carbocycles. The summed E-state index contributed by atoms with van der Waals surface area (Å²) in [6, 6.07) is 19.9. The fourth-order valence-corrected chi connectivity index (χ4v) is 5.99. The number of hydrogen-bond acceptors (Lipinski definition) is 5.